The zero-order valence-corrected chi connectivity index (χ0v) is 23.1. The number of likely N-dealkylation sites (tertiary alicyclic amines) is 1. The predicted molar refractivity (Wildman–Crippen MR) is 145 cm³/mol. The molecule has 11 heteroatoms. The molecule has 2 aliphatic rings. The Kier molecular flexibility index (Phi) is 10.5. The summed E-state index contributed by atoms with van der Waals surface area (Å²) in [7, 11) is 0. The van der Waals surface area contributed by atoms with Crippen LogP contribution in [0.25, 0.3) is 0 Å². The van der Waals surface area contributed by atoms with Gasteiger partial charge in [0.15, 0.2) is 0 Å². The normalized spacial score (nSPS) is 16.2. The Balaban J connectivity index is 0.00000380. The van der Waals surface area contributed by atoms with Crippen LogP contribution in [0, 0.1) is 5.92 Å². The number of carboxylic acid groups (broad SMARTS) is 1. The van der Waals surface area contributed by atoms with Crippen LogP contribution in [0.4, 0.5) is 0 Å². The molecule has 1 aliphatic carbocycles. The molecule has 7 nitrogen and oxygen atoms in total. The number of hydrogen-bond donors (Lipinski definition) is 1. The summed E-state index contributed by atoms with van der Waals surface area (Å²) >= 11 is 18.8. The van der Waals surface area contributed by atoms with Crippen molar-refractivity contribution in [2.75, 3.05) is 19.7 Å². The lowest BCUT2D eigenvalue weighted by Crippen LogP contribution is -2.33. The first-order chi connectivity index (χ1) is 17.2. The zero-order valence-electron chi connectivity index (χ0n) is 20.0. The molecule has 2 aromatic carbocycles. The van der Waals surface area contributed by atoms with Crippen LogP contribution in [-0.4, -0.2) is 52.4 Å². The van der Waals surface area contributed by atoms with E-state index in [-0.39, 0.29) is 62.7 Å². The van der Waals surface area contributed by atoms with Crippen molar-refractivity contribution in [2.24, 2.45) is 5.92 Å². The maximum atomic E-state index is 11.8. The molecule has 37 heavy (non-hydrogen) atoms. The summed E-state index contributed by atoms with van der Waals surface area (Å²) in [5.74, 6) is -0.279. The Morgan fingerprint density at radius 1 is 1.03 bits per heavy atom. The van der Waals surface area contributed by atoms with Gasteiger partial charge in [-0.1, -0.05) is 46.9 Å². The second-order valence-corrected chi connectivity index (χ2v) is 10.4. The zero-order chi connectivity index (χ0) is 25.8. The van der Waals surface area contributed by atoms with E-state index < -0.39 is 5.97 Å². The maximum Gasteiger partial charge on any atom is 0.305 e. The van der Waals surface area contributed by atoms with Gasteiger partial charge in [0.25, 0.3) is 0 Å². The van der Waals surface area contributed by atoms with Crippen molar-refractivity contribution in [2.45, 2.75) is 44.7 Å². The van der Waals surface area contributed by atoms with Gasteiger partial charge in [0.2, 0.25) is 11.8 Å². The second-order valence-electron chi connectivity index (χ2n) is 9.21. The summed E-state index contributed by atoms with van der Waals surface area (Å²) in [6, 6.07) is 10.3. The van der Waals surface area contributed by atoms with Crippen molar-refractivity contribution in [3.05, 3.63) is 62.6 Å². The van der Waals surface area contributed by atoms with Gasteiger partial charge in [-0.05, 0) is 54.2 Å². The summed E-state index contributed by atoms with van der Waals surface area (Å²) in [5, 5.41) is 10.9. The molecule has 2 amide bonds. The van der Waals surface area contributed by atoms with E-state index in [0.717, 1.165) is 30.5 Å². The van der Waals surface area contributed by atoms with Gasteiger partial charge in [0.05, 0.1) is 28.0 Å². The molecule has 0 radical (unpaired) electrons. The summed E-state index contributed by atoms with van der Waals surface area (Å²) in [6.45, 7) is 1.59. The molecule has 1 heterocycles. The topological polar surface area (TPSA) is 87.2 Å². The minimum Gasteiger partial charge on any atom is -0.490 e. The van der Waals surface area contributed by atoms with E-state index in [2.05, 4.69) is 4.90 Å². The molecule has 0 spiro atoms. The molecule has 1 saturated carbocycles. The number of halogens is 4. The number of hydrogen-bond acceptors (Lipinski definition) is 5. The number of aliphatic carboxylic acids is 1. The fraction of sp³-hybridized carbons (Fsp3) is 0.423. The van der Waals surface area contributed by atoms with Gasteiger partial charge in [-0.3, -0.25) is 24.2 Å². The van der Waals surface area contributed by atoms with Crippen LogP contribution < -0.4 is 4.74 Å². The Labute approximate surface area is 237 Å². The van der Waals surface area contributed by atoms with Gasteiger partial charge in [-0.25, -0.2) is 0 Å². The third-order valence-corrected chi connectivity index (χ3v) is 7.47. The highest BCUT2D eigenvalue weighted by atomic mass is 35.5. The molecule has 4 rings (SSSR count). The van der Waals surface area contributed by atoms with Crippen LogP contribution in [0.5, 0.6) is 5.75 Å². The van der Waals surface area contributed by atoms with E-state index in [9.17, 15) is 19.5 Å². The number of ether oxygens (including phenoxy) is 1. The summed E-state index contributed by atoms with van der Waals surface area (Å²) in [4.78, 5) is 38.6. The Bertz CT molecular complexity index is 1140. The molecule has 1 N–H and O–H groups in total. The monoisotopic (exact) mass is 588 g/mol. The molecule has 0 aromatic heterocycles. The molecule has 2 fully saturated rings. The van der Waals surface area contributed by atoms with Crippen molar-refractivity contribution >= 4 is 65.0 Å². The third kappa shape index (κ3) is 7.98. The number of imide groups is 1. The summed E-state index contributed by atoms with van der Waals surface area (Å²) in [5.41, 5.74) is 1.71. The molecule has 2 aromatic rings. The first-order valence-electron chi connectivity index (χ1n) is 11.9. The van der Waals surface area contributed by atoms with Crippen molar-refractivity contribution in [1.82, 2.24) is 9.80 Å². The lowest BCUT2D eigenvalue weighted by molar-refractivity contribution is -0.140. The average Bonchev–Trinajstić information content (AvgIpc) is 3.59. The largest absolute Gasteiger partial charge is 0.490 e. The first-order valence-corrected chi connectivity index (χ1v) is 13.0. The predicted octanol–water partition coefficient (Wildman–Crippen LogP) is 6.02. The van der Waals surface area contributed by atoms with Crippen molar-refractivity contribution in [1.29, 1.82) is 0 Å². The molecule has 1 atom stereocenters. The molecule has 200 valence electrons. The van der Waals surface area contributed by atoms with E-state index in [1.807, 2.05) is 12.1 Å². The van der Waals surface area contributed by atoms with E-state index in [1.165, 1.54) is 4.90 Å². The molecule has 0 bridgehead atoms. The van der Waals surface area contributed by atoms with Crippen molar-refractivity contribution in [3.8, 4) is 5.75 Å². The van der Waals surface area contributed by atoms with Gasteiger partial charge in [0, 0.05) is 32.0 Å². The fourth-order valence-electron chi connectivity index (χ4n) is 4.39. The van der Waals surface area contributed by atoms with E-state index in [1.54, 1.807) is 24.3 Å². The van der Waals surface area contributed by atoms with Gasteiger partial charge >= 0.3 is 5.97 Å². The van der Waals surface area contributed by atoms with Gasteiger partial charge < -0.3 is 9.84 Å². The number of carbonyl (C=O) groups is 3. The highest BCUT2D eigenvalue weighted by molar-refractivity contribution is 6.42. The number of carbonyl (C=O) groups excluding carboxylic acids is 2. The minimum atomic E-state index is -0.899. The first kappa shape index (κ1) is 29.5. The summed E-state index contributed by atoms with van der Waals surface area (Å²) < 4.78 is 5.73. The Morgan fingerprint density at radius 3 is 2.32 bits per heavy atom. The summed E-state index contributed by atoms with van der Waals surface area (Å²) in [6.07, 6.45) is 2.65. The van der Waals surface area contributed by atoms with E-state index in [4.69, 9.17) is 39.5 Å². The quantitative estimate of drug-likeness (QED) is 0.304. The van der Waals surface area contributed by atoms with Gasteiger partial charge in [0.1, 0.15) is 12.4 Å². The number of carboxylic acids is 1. The van der Waals surface area contributed by atoms with Crippen molar-refractivity contribution in [3.63, 3.8) is 0 Å². The van der Waals surface area contributed by atoms with E-state index >= 15 is 0 Å². The maximum absolute atomic E-state index is 11.8. The molecule has 1 aliphatic heterocycles. The third-order valence-electron chi connectivity index (χ3n) is 6.44. The minimum absolute atomic E-state index is 0. The lowest BCUT2D eigenvalue weighted by atomic mass is 10.0. The molecular formula is C26H28Cl4N2O5. The number of nitrogens with zero attached hydrogens (tertiary/aromatic N) is 2. The fourth-order valence-corrected chi connectivity index (χ4v) is 4.95. The lowest BCUT2D eigenvalue weighted by Gasteiger charge is -2.32. The molecule has 1 unspecified atom stereocenters. The Hall–Kier alpha value is -2.03. The SMILES string of the molecule is Cl.O=C(O)CC(c1ccc(Cl)c(Cl)c1)N(Cc1ccc(OCCN2C(=O)CCC2=O)c(Cl)c1)CC1CC1. The number of benzene rings is 2. The van der Waals surface area contributed by atoms with Crippen LogP contribution in [0.3, 0.4) is 0 Å². The standard InChI is InChI=1S/C26H27Cl3N2O5.ClH/c27-19-5-4-18(12-20(19)28)22(13-26(34)35)30(14-16-1-2-16)15-17-3-6-23(21(29)11-17)36-10-9-31-24(32)7-8-25(31)33;/h3-6,11-12,16,22H,1-2,7-10,13-15H2,(H,34,35);1H. The van der Waals surface area contributed by atoms with Crippen LogP contribution in [0.1, 0.15) is 49.3 Å². The number of rotatable bonds is 12. The molecular weight excluding hydrogens is 562 g/mol. The van der Waals surface area contributed by atoms with E-state index in [0.29, 0.717) is 33.3 Å². The smallest absolute Gasteiger partial charge is 0.305 e. The van der Waals surface area contributed by atoms with Crippen LogP contribution in [0.15, 0.2) is 36.4 Å². The molecule has 1 saturated heterocycles. The number of amides is 2. The Morgan fingerprint density at radius 2 is 1.73 bits per heavy atom. The average molecular weight is 590 g/mol. The van der Waals surface area contributed by atoms with Crippen LogP contribution >= 0.6 is 47.2 Å². The highest BCUT2D eigenvalue weighted by Crippen LogP contribution is 2.37. The van der Waals surface area contributed by atoms with Crippen LogP contribution in [-0.2, 0) is 20.9 Å². The van der Waals surface area contributed by atoms with Crippen molar-refractivity contribution < 1.29 is 24.2 Å². The van der Waals surface area contributed by atoms with Crippen LogP contribution in [0.2, 0.25) is 15.1 Å². The van der Waals surface area contributed by atoms with Gasteiger partial charge in [-0.2, -0.15) is 0 Å². The van der Waals surface area contributed by atoms with Gasteiger partial charge in [-0.15, -0.1) is 12.4 Å². The second kappa shape index (κ2) is 13.2. The highest BCUT2D eigenvalue weighted by Gasteiger charge is 2.31.